The summed E-state index contributed by atoms with van der Waals surface area (Å²) >= 11 is 3.21. The van der Waals surface area contributed by atoms with Crippen molar-refractivity contribution in [3.05, 3.63) is 39.9 Å². The highest BCUT2D eigenvalue weighted by atomic mass is 79.9. The molecule has 1 aromatic rings. The summed E-state index contributed by atoms with van der Waals surface area (Å²) in [5.74, 6) is -0.383. The minimum atomic E-state index is -0.547. The Hall–Kier alpha value is -1.47. The van der Waals surface area contributed by atoms with Crippen LogP contribution in [-0.2, 0) is 20.9 Å². The molecular formula is C14H18BrNO5. The molecule has 0 aliphatic heterocycles. The van der Waals surface area contributed by atoms with Crippen LogP contribution >= 0.6 is 15.9 Å². The van der Waals surface area contributed by atoms with Gasteiger partial charge in [-0.3, -0.25) is 14.9 Å². The van der Waals surface area contributed by atoms with Crippen LogP contribution in [0.3, 0.4) is 0 Å². The lowest BCUT2D eigenvalue weighted by molar-refractivity contribution is -0.384. The molecule has 0 unspecified atom stereocenters. The van der Waals surface area contributed by atoms with Crippen molar-refractivity contribution >= 4 is 27.6 Å². The highest BCUT2D eigenvalue weighted by Crippen LogP contribution is 2.15. The van der Waals surface area contributed by atoms with Gasteiger partial charge in [0.25, 0.3) is 5.69 Å². The molecular weight excluding hydrogens is 342 g/mol. The van der Waals surface area contributed by atoms with Gasteiger partial charge in [0.2, 0.25) is 0 Å². The fraction of sp³-hybridized carbons (Fsp3) is 0.500. The maximum Gasteiger partial charge on any atom is 0.322 e. The van der Waals surface area contributed by atoms with E-state index in [1.54, 1.807) is 32.9 Å². The molecule has 0 saturated carbocycles. The Morgan fingerprint density at radius 3 is 2.38 bits per heavy atom. The van der Waals surface area contributed by atoms with E-state index in [-0.39, 0.29) is 24.9 Å². The Balaban J connectivity index is 2.39. The van der Waals surface area contributed by atoms with Crippen LogP contribution in [0.25, 0.3) is 0 Å². The van der Waals surface area contributed by atoms with Crippen LogP contribution in [-0.4, -0.2) is 27.9 Å². The van der Waals surface area contributed by atoms with Crippen LogP contribution in [0.1, 0.15) is 26.3 Å². The molecule has 0 aromatic heterocycles. The van der Waals surface area contributed by atoms with Crippen molar-refractivity contribution in [1.29, 1.82) is 0 Å². The number of nitro groups is 1. The monoisotopic (exact) mass is 359 g/mol. The van der Waals surface area contributed by atoms with Crippen LogP contribution < -0.4 is 0 Å². The molecule has 0 radical (unpaired) electrons. The number of nitrogens with zero attached hydrogens (tertiary/aromatic N) is 1. The number of hydrogen-bond donors (Lipinski definition) is 0. The van der Waals surface area contributed by atoms with Crippen molar-refractivity contribution in [2.24, 2.45) is 0 Å². The molecule has 1 rings (SSSR count). The lowest BCUT2D eigenvalue weighted by Crippen LogP contribution is -2.31. The van der Waals surface area contributed by atoms with Crippen molar-refractivity contribution in [3.8, 4) is 0 Å². The predicted octanol–water partition coefficient (Wildman–Crippen LogP) is 3.22. The molecule has 0 fully saturated rings. The van der Waals surface area contributed by atoms with Gasteiger partial charge in [-0.15, -0.1) is 0 Å². The third kappa shape index (κ3) is 6.68. The number of carbonyl (C=O) groups is 1. The van der Waals surface area contributed by atoms with Gasteiger partial charge in [-0.1, -0.05) is 15.9 Å². The summed E-state index contributed by atoms with van der Waals surface area (Å²) < 4.78 is 10.6. The number of esters is 1. The molecule has 0 bridgehead atoms. The molecule has 0 spiro atoms. The van der Waals surface area contributed by atoms with E-state index in [0.717, 1.165) is 5.56 Å². The fourth-order valence-electron chi connectivity index (χ4n) is 1.43. The van der Waals surface area contributed by atoms with Crippen LogP contribution in [0.5, 0.6) is 0 Å². The molecule has 0 aliphatic carbocycles. The van der Waals surface area contributed by atoms with Crippen molar-refractivity contribution in [3.63, 3.8) is 0 Å². The topological polar surface area (TPSA) is 78.7 Å². The Morgan fingerprint density at radius 1 is 1.33 bits per heavy atom. The molecule has 0 heterocycles. The summed E-state index contributed by atoms with van der Waals surface area (Å²) in [7, 11) is 0. The molecule has 7 heteroatoms. The smallest absolute Gasteiger partial charge is 0.322 e. The van der Waals surface area contributed by atoms with E-state index in [1.807, 2.05) is 0 Å². The number of rotatable bonds is 6. The van der Waals surface area contributed by atoms with E-state index in [1.165, 1.54) is 12.1 Å². The lowest BCUT2D eigenvalue weighted by Gasteiger charge is -2.21. The molecule has 21 heavy (non-hydrogen) atoms. The Kier molecular flexibility index (Phi) is 6.29. The normalized spacial score (nSPS) is 12.8. The summed E-state index contributed by atoms with van der Waals surface area (Å²) in [5, 5.41) is 10.5. The van der Waals surface area contributed by atoms with E-state index in [9.17, 15) is 14.9 Å². The first kappa shape index (κ1) is 17.6. The molecule has 116 valence electrons. The van der Waals surface area contributed by atoms with Crippen molar-refractivity contribution in [2.75, 3.05) is 6.61 Å². The van der Waals surface area contributed by atoms with E-state index in [4.69, 9.17) is 9.47 Å². The van der Waals surface area contributed by atoms with Crippen LogP contribution in [0.4, 0.5) is 5.69 Å². The molecule has 0 amide bonds. The van der Waals surface area contributed by atoms with Crippen molar-refractivity contribution < 1.29 is 19.2 Å². The molecule has 0 aliphatic rings. The Bertz CT molecular complexity index is 495. The maximum absolute atomic E-state index is 11.7. The molecule has 0 N–H and O–H groups in total. The standard InChI is InChI=1S/C14H18BrNO5/c1-14(2,3)21-13(17)12(15)9-20-8-10-4-6-11(7-5-10)16(18)19/h4-7,12H,8-9H2,1-3H3/t12-/m1/s1. The van der Waals surface area contributed by atoms with Crippen LogP contribution in [0.2, 0.25) is 0 Å². The zero-order valence-corrected chi connectivity index (χ0v) is 13.8. The lowest BCUT2D eigenvalue weighted by atomic mass is 10.2. The third-order valence-corrected chi connectivity index (χ3v) is 2.98. The number of ether oxygens (including phenoxy) is 2. The predicted molar refractivity (Wildman–Crippen MR) is 81.3 cm³/mol. The van der Waals surface area contributed by atoms with Gasteiger partial charge < -0.3 is 9.47 Å². The first-order valence-electron chi connectivity index (χ1n) is 6.37. The zero-order chi connectivity index (χ0) is 16.0. The summed E-state index contributed by atoms with van der Waals surface area (Å²) in [6, 6.07) is 6.07. The molecule has 1 aromatic carbocycles. The third-order valence-electron chi connectivity index (χ3n) is 2.34. The maximum atomic E-state index is 11.7. The van der Waals surface area contributed by atoms with Gasteiger partial charge in [-0.2, -0.15) is 0 Å². The van der Waals surface area contributed by atoms with Gasteiger partial charge >= 0.3 is 5.97 Å². The number of carbonyl (C=O) groups excluding carboxylic acids is 1. The first-order chi connectivity index (χ1) is 9.69. The van der Waals surface area contributed by atoms with E-state index < -0.39 is 15.4 Å². The van der Waals surface area contributed by atoms with Gasteiger partial charge in [-0.05, 0) is 38.5 Å². The van der Waals surface area contributed by atoms with E-state index in [2.05, 4.69) is 15.9 Å². The number of halogens is 1. The largest absolute Gasteiger partial charge is 0.459 e. The van der Waals surface area contributed by atoms with Gasteiger partial charge in [0.1, 0.15) is 10.4 Å². The SMILES string of the molecule is CC(C)(C)OC(=O)[C@H](Br)COCc1ccc([N+](=O)[O-])cc1. The average molecular weight is 360 g/mol. The summed E-state index contributed by atoms with van der Waals surface area (Å²) in [5.41, 5.74) is 0.289. The summed E-state index contributed by atoms with van der Waals surface area (Å²) in [6.07, 6.45) is 0. The summed E-state index contributed by atoms with van der Waals surface area (Å²) in [6.45, 7) is 5.81. The molecule has 0 saturated heterocycles. The highest BCUT2D eigenvalue weighted by molar-refractivity contribution is 9.10. The number of hydrogen-bond acceptors (Lipinski definition) is 5. The minimum Gasteiger partial charge on any atom is -0.459 e. The highest BCUT2D eigenvalue weighted by Gasteiger charge is 2.23. The number of alkyl halides is 1. The number of nitro benzene ring substituents is 1. The molecule has 1 atom stereocenters. The quantitative estimate of drug-likeness (QED) is 0.337. The van der Waals surface area contributed by atoms with Crippen LogP contribution in [0.15, 0.2) is 24.3 Å². The fourth-order valence-corrected chi connectivity index (χ4v) is 1.71. The summed E-state index contributed by atoms with van der Waals surface area (Å²) in [4.78, 5) is 21.2. The van der Waals surface area contributed by atoms with Gasteiger partial charge in [0, 0.05) is 12.1 Å². The van der Waals surface area contributed by atoms with E-state index in [0.29, 0.717) is 0 Å². The molecule has 6 nitrogen and oxygen atoms in total. The number of benzene rings is 1. The average Bonchev–Trinajstić information content (AvgIpc) is 2.37. The second-order valence-corrected chi connectivity index (χ2v) is 6.55. The first-order valence-corrected chi connectivity index (χ1v) is 7.28. The van der Waals surface area contributed by atoms with Crippen LogP contribution in [0, 0.1) is 10.1 Å². The van der Waals surface area contributed by atoms with Crippen molar-refractivity contribution in [1.82, 2.24) is 0 Å². The van der Waals surface area contributed by atoms with Gasteiger partial charge in [-0.25, -0.2) is 0 Å². The second kappa shape index (κ2) is 7.51. The Morgan fingerprint density at radius 2 is 1.90 bits per heavy atom. The second-order valence-electron chi connectivity index (χ2n) is 5.44. The number of non-ortho nitro benzene ring substituents is 1. The van der Waals surface area contributed by atoms with Crippen molar-refractivity contribution in [2.45, 2.75) is 37.8 Å². The Labute approximate surface area is 131 Å². The van der Waals surface area contributed by atoms with E-state index >= 15 is 0 Å². The zero-order valence-electron chi connectivity index (χ0n) is 12.2. The minimum absolute atomic E-state index is 0.0332. The van der Waals surface area contributed by atoms with Gasteiger partial charge in [0.05, 0.1) is 18.1 Å². The van der Waals surface area contributed by atoms with Gasteiger partial charge in [0.15, 0.2) is 0 Å².